The molecule has 1 atom stereocenters. The normalized spacial score (nSPS) is 14.6. The number of nitrogens with one attached hydrogen (secondary N) is 1. The topological polar surface area (TPSA) is 15.3 Å². The predicted molar refractivity (Wildman–Crippen MR) is 55.9 cm³/mol. The van der Waals surface area contributed by atoms with Crippen LogP contribution in [0.1, 0.15) is 26.7 Å². The fourth-order valence-corrected chi connectivity index (χ4v) is 1.23. The second-order valence-electron chi connectivity index (χ2n) is 3.97. The van der Waals surface area contributed by atoms with Crippen molar-refractivity contribution < 1.29 is 13.2 Å². The quantitative estimate of drug-likeness (QED) is 0.670. The third-order valence-electron chi connectivity index (χ3n) is 2.27. The van der Waals surface area contributed by atoms with Gasteiger partial charge < -0.3 is 5.32 Å². The number of nitrogens with zero attached hydrogens (tertiary/aromatic N) is 1. The Kier molecular flexibility index (Phi) is 6.92. The van der Waals surface area contributed by atoms with Gasteiger partial charge in [-0.3, -0.25) is 4.90 Å². The van der Waals surface area contributed by atoms with E-state index in [0.29, 0.717) is 12.6 Å². The maximum Gasteiger partial charge on any atom is 0.401 e. The molecule has 0 radical (unpaired) electrons. The number of alkyl halides is 3. The van der Waals surface area contributed by atoms with E-state index in [-0.39, 0.29) is 0 Å². The van der Waals surface area contributed by atoms with E-state index in [4.69, 9.17) is 0 Å². The maximum absolute atomic E-state index is 11.9. The summed E-state index contributed by atoms with van der Waals surface area (Å²) in [5.41, 5.74) is 0. The Labute approximate surface area is 89.8 Å². The largest absolute Gasteiger partial charge is 0.401 e. The first-order chi connectivity index (χ1) is 6.85. The number of hydrogen-bond acceptors (Lipinski definition) is 2. The van der Waals surface area contributed by atoms with Crippen molar-refractivity contribution in [3.63, 3.8) is 0 Å². The van der Waals surface area contributed by atoms with Crippen LogP contribution < -0.4 is 5.32 Å². The Morgan fingerprint density at radius 1 is 1.33 bits per heavy atom. The van der Waals surface area contributed by atoms with Crippen molar-refractivity contribution in [2.45, 2.75) is 38.9 Å². The van der Waals surface area contributed by atoms with E-state index < -0.39 is 12.7 Å². The lowest BCUT2D eigenvalue weighted by Crippen LogP contribution is -2.34. The van der Waals surface area contributed by atoms with Crippen LogP contribution in [0.15, 0.2) is 0 Å². The van der Waals surface area contributed by atoms with Gasteiger partial charge in [0.15, 0.2) is 0 Å². The first-order valence-corrected chi connectivity index (χ1v) is 5.34. The van der Waals surface area contributed by atoms with Gasteiger partial charge in [-0.15, -0.1) is 0 Å². The Bertz CT molecular complexity index is 159. The predicted octanol–water partition coefficient (Wildman–Crippen LogP) is 2.26. The van der Waals surface area contributed by atoms with Gasteiger partial charge in [-0.2, -0.15) is 13.2 Å². The zero-order valence-electron chi connectivity index (χ0n) is 9.69. The lowest BCUT2D eigenvalue weighted by atomic mass is 10.2. The van der Waals surface area contributed by atoms with Crippen molar-refractivity contribution in [3.05, 3.63) is 0 Å². The Balaban J connectivity index is 3.43. The summed E-state index contributed by atoms with van der Waals surface area (Å²) in [5, 5.41) is 3.24. The van der Waals surface area contributed by atoms with Crippen molar-refractivity contribution in [3.8, 4) is 0 Å². The van der Waals surface area contributed by atoms with Crippen LogP contribution in [0.5, 0.6) is 0 Å². The van der Waals surface area contributed by atoms with Crippen LogP contribution >= 0.6 is 0 Å². The third-order valence-corrected chi connectivity index (χ3v) is 2.27. The van der Waals surface area contributed by atoms with Gasteiger partial charge in [0.25, 0.3) is 0 Å². The highest BCUT2D eigenvalue weighted by Gasteiger charge is 2.28. The Hall–Kier alpha value is -0.290. The average Bonchev–Trinajstić information content (AvgIpc) is 2.09. The van der Waals surface area contributed by atoms with E-state index in [2.05, 4.69) is 19.2 Å². The van der Waals surface area contributed by atoms with Crippen molar-refractivity contribution in [2.24, 2.45) is 0 Å². The molecule has 0 rings (SSSR count). The van der Waals surface area contributed by atoms with Crippen LogP contribution in [0.25, 0.3) is 0 Å². The van der Waals surface area contributed by atoms with Crippen LogP contribution in [-0.4, -0.2) is 43.8 Å². The van der Waals surface area contributed by atoms with Gasteiger partial charge >= 0.3 is 6.18 Å². The summed E-state index contributed by atoms with van der Waals surface area (Å²) < 4.78 is 35.8. The van der Waals surface area contributed by atoms with E-state index in [0.717, 1.165) is 19.4 Å². The van der Waals surface area contributed by atoms with Crippen molar-refractivity contribution in [1.82, 2.24) is 10.2 Å². The molecule has 0 spiro atoms. The molecule has 0 aromatic carbocycles. The molecule has 0 fully saturated rings. The highest BCUT2D eigenvalue weighted by Crippen LogP contribution is 2.15. The molecule has 15 heavy (non-hydrogen) atoms. The first kappa shape index (κ1) is 14.7. The van der Waals surface area contributed by atoms with Gasteiger partial charge in [-0.1, -0.05) is 6.92 Å². The summed E-state index contributed by atoms with van der Waals surface area (Å²) in [6.07, 6.45) is -2.30. The van der Waals surface area contributed by atoms with Gasteiger partial charge in [0.2, 0.25) is 0 Å². The summed E-state index contributed by atoms with van der Waals surface area (Å²) in [6, 6.07) is 0.443. The molecular formula is C10H21F3N2. The van der Waals surface area contributed by atoms with Gasteiger partial charge in [0.1, 0.15) is 0 Å². The summed E-state index contributed by atoms with van der Waals surface area (Å²) in [5.74, 6) is 0. The molecule has 0 aliphatic rings. The van der Waals surface area contributed by atoms with Crippen LogP contribution in [0.2, 0.25) is 0 Å². The highest BCUT2D eigenvalue weighted by atomic mass is 19.4. The Morgan fingerprint density at radius 3 is 2.40 bits per heavy atom. The smallest absolute Gasteiger partial charge is 0.314 e. The molecular weight excluding hydrogens is 205 g/mol. The molecule has 0 amide bonds. The second kappa shape index (κ2) is 7.06. The molecule has 0 aliphatic carbocycles. The maximum atomic E-state index is 11.9. The fraction of sp³-hybridized carbons (Fsp3) is 1.00. The van der Waals surface area contributed by atoms with Crippen LogP contribution in [0, 0.1) is 0 Å². The summed E-state index contributed by atoms with van der Waals surface area (Å²) in [6.45, 7) is 4.57. The van der Waals surface area contributed by atoms with Gasteiger partial charge in [-0.05, 0) is 39.9 Å². The van der Waals surface area contributed by atoms with E-state index in [1.165, 1.54) is 11.9 Å². The van der Waals surface area contributed by atoms with Gasteiger partial charge in [0, 0.05) is 6.04 Å². The highest BCUT2D eigenvalue weighted by molar-refractivity contribution is 4.61. The van der Waals surface area contributed by atoms with E-state index in [1.54, 1.807) is 0 Å². The molecule has 5 heteroatoms. The Morgan fingerprint density at radius 2 is 1.93 bits per heavy atom. The molecule has 0 aromatic rings. The van der Waals surface area contributed by atoms with Gasteiger partial charge in [0.05, 0.1) is 6.54 Å². The van der Waals surface area contributed by atoms with Crippen molar-refractivity contribution >= 4 is 0 Å². The average molecular weight is 226 g/mol. The summed E-state index contributed by atoms with van der Waals surface area (Å²) >= 11 is 0. The standard InChI is InChI=1S/C10H21F3N2/c1-4-9(2)14-6-5-7-15(3)8-10(11,12)13/h9,14H,4-8H2,1-3H3. The van der Waals surface area contributed by atoms with Crippen LogP contribution in [0.3, 0.4) is 0 Å². The van der Waals surface area contributed by atoms with E-state index in [1.807, 2.05) is 0 Å². The van der Waals surface area contributed by atoms with Gasteiger partial charge in [-0.25, -0.2) is 0 Å². The fourth-order valence-electron chi connectivity index (χ4n) is 1.23. The number of rotatable bonds is 7. The van der Waals surface area contributed by atoms with E-state index in [9.17, 15) is 13.2 Å². The van der Waals surface area contributed by atoms with E-state index >= 15 is 0 Å². The monoisotopic (exact) mass is 226 g/mol. The number of halogens is 3. The third kappa shape index (κ3) is 10.0. The molecule has 2 nitrogen and oxygen atoms in total. The minimum atomic E-state index is -4.08. The minimum absolute atomic E-state index is 0.443. The molecule has 0 heterocycles. The zero-order chi connectivity index (χ0) is 11.9. The number of hydrogen-bond donors (Lipinski definition) is 1. The summed E-state index contributed by atoms with van der Waals surface area (Å²) in [4.78, 5) is 1.30. The minimum Gasteiger partial charge on any atom is -0.314 e. The van der Waals surface area contributed by atoms with Crippen LogP contribution in [-0.2, 0) is 0 Å². The molecule has 0 aromatic heterocycles. The molecule has 0 bridgehead atoms. The van der Waals surface area contributed by atoms with Crippen molar-refractivity contribution in [1.29, 1.82) is 0 Å². The second-order valence-corrected chi connectivity index (χ2v) is 3.97. The molecule has 1 unspecified atom stereocenters. The molecule has 0 saturated heterocycles. The van der Waals surface area contributed by atoms with Crippen LogP contribution in [0.4, 0.5) is 13.2 Å². The lowest BCUT2D eigenvalue weighted by Gasteiger charge is -2.19. The molecule has 0 saturated carbocycles. The lowest BCUT2D eigenvalue weighted by molar-refractivity contribution is -0.143. The molecule has 0 aliphatic heterocycles. The zero-order valence-corrected chi connectivity index (χ0v) is 9.69. The SMILES string of the molecule is CCC(C)NCCCN(C)CC(F)(F)F. The summed E-state index contributed by atoms with van der Waals surface area (Å²) in [7, 11) is 1.50. The first-order valence-electron chi connectivity index (χ1n) is 5.34. The van der Waals surface area contributed by atoms with Crippen molar-refractivity contribution in [2.75, 3.05) is 26.7 Å². The molecule has 92 valence electrons. The molecule has 1 N–H and O–H groups in total.